The molecule has 8 nitrogen and oxygen atoms in total. The van der Waals surface area contributed by atoms with Crippen LogP contribution in [0.3, 0.4) is 0 Å². The van der Waals surface area contributed by atoms with Gasteiger partial charge in [0, 0.05) is 5.69 Å². The van der Waals surface area contributed by atoms with Crippen LogP contribution in [-0.4, -0.2) is 46.2 Å². The van der Waals surface area contributed by atoms with Crippen LogP contribution in [0.25, 0.3) is 0 Å². The Morgan fingerprint density at radius 3 is 2.12 bits per heavy atom. The van der Waals surface area contributed by atoms with Gasteiger partial charge < -0.3 is 30.7 Å². The van der Waals surface area contributed by atoms with Gasteiger partial charge in [-0.15, -0.1) is 0 Å². The van der Waals surface area contributed by atoms with Crippen molar-refractivity contribution in [1.29, 1.82) is 0 Å². The lowest BCUT2D eigenvalue weighted by Gasteiger charge is -2.23. The van der Waals surface area contributed by atoms with Crippen molar-refractivity contribution in [3.05, 3.63) is 30.3 Å². The summed E-state index contributed by atoms with van der Waals surface area (Å²) in [4.78, 5) is 34.7. The summed E-state index contributed by atoms with van der Waals surface area (Å²) in [7, 11) is 0. The molecule has 0 heterocycles. The van der Waals surface area contributed by atoms with Crippen molar-refractivity contribution in [2.45, 2.75) is 38.5 Å². The SMILES string of the molecule is CC(C)C[C@H](NC(=O)[C@@H](O)[C@H](O)C(=O)[O-])C(=O)Nc1ccccc1. The molecule has 0 aliphatic rings. The molecule has 1 aromatic carbocycles. The Morgan fingerprint density at radius 1 is 1.04 bits per heavy atom. The highest BCUT2D eigenvalue weighted by atomic mass is 16.4. The van der Waals surface area contributed by atoms with Gasteiger partial charge in [-0.25, -0.2) is 0 Å². The zero-order valence-corrected chi connectivity index (χ0v) is 13.4. The highest BCUT2D eigenvalue weighted by molar-refractivity contribution is 5.98. The van der Waals surface area contributed by atoms with Crippen LogP contribution in [0.4, 0.5) is 5.69 Å². The second-order valence-corrected chi connectivity index (χ2v) is 5.75. The van der Waals surface area contributed by atoms with Crippen molar-refractivity contribution >= 4 is 23.5 Å². The highest BCUT2D eigenvalue weighted by Crippen LogP contribution is 2.10. The van der Waals surface area contributed by atoms with Crippen LogP contribution in [0.5, 0.6) is 0 Å². The summed E-state index contributed by atoms with van der Waals surface area (Å²) in [5.41, 5.74) is 0.529. The van der Waals surface area contributed by atoms with E-state index in [9.17, 15) is 24.6 Å². The summed E-state index contributed by atoms with van der Waals surface area (Å²) in [6.07, 6.45) is -4.34. The largest absolute Gasteiger partial charge is 0.547 e. The Bertz CT molecular complexity index is 575. The number of carboxylic acid groups (broad SMARTS) is 1. The molecule has 0 spiro atoms. The van der Waals surface area contributed by atoms with Crippen LogP contribution in [0.2, 0.25) is 0 Å². The molecular weight excluding hydrogens is 316 g/mol. The minimum atomic E-state index is -2.37. The molecule has 8 heteroatoms. The van der Waals surface area contributed by atoms with E-state index in [1.54, 1.807) is 30.3 Å². The number of rotatable bonds is 8. The number of amides is 2. The van der Waals surface area contributed by atoms with Crippen molar-refractivity contribution in [3.63, 3.8) is 0 Å². The predicted molar refractivity (Wildman–Crippen MR) is 83.5 cm³/mol. The van der Waals surface area contributed by atoms with E-state index in [0.29, 0.717) is 5.69 Å². The molecule has 1 aromatic rings. The lowest BCUT2D eigenvalue weighted by molar-refractivity contribution is -0.317. The van der Waals surface area contributed by atoms with Crippen LogP contribution < -0.4 is 15.7 Å². The quantitative estimate of drug-likeness (QED) is 0.461. The van der Waals surface area contributed by atoms with Gasteiger partial charge >= 0.3 is 0 Å². The maximum absolute atomic E-state index is 12.3. The number of para-hydroxylation sites is 1. The number of hydrogen-bond acceptors (Lipinski definition) is 6. The van der Waals surface area contributed by atoms with Gasteiger partial charge in [0.15, 0.2) is 6.10 Å². The minimum Gasteiger partial charge on any atom is -0.547 e. The third-order valence-corrected chi connectivity index (χ3v) is 3.19. The summed E-state index contributed by atoms with van der Waals surface area (Å²) in [6.45, 7) is 3.67. The van der Waals surface area contributed by atoms with Crippen LogP contribution in [0.1, 0.15) is 20.3 Å². The zero-order valence-electron chi connectivity index (χ0n) is 13.4. The van der Waals surface area contributed by atoms with E-state index < -0.39 is 36.0 Å². The minimum absolute atomic E-state index is 0.0417. The normalized spacial score (nSPS) is 14.5. The topological polar surface area (TPSA) is 139 Å². The third kappa shape index (κ3) is 5.98. The van der Waals surface area contributed by atoms with Crippen molar-refractivity contribution in [2.75, 3.05) is 5.32 Å². The van der Waals surface area contributed by atoms with Crippen molar-refractivity contribution < 1.29 is 29.7 Å². The lowest BCUT2D eigenvalue weighted by Crippen LogP contribution is -2.54. The van der Waals surface area contributed by atoms with Crippen molar-refractivity contribution in [1.82, 2.24) is 5.32 Å². The smallest absolute Gasteiger partial charge is 0.252 e. The summed E-state index contributed by atoms with van der Waals surface area (Å²) in [6, 6.07) is 7.57. The average molecular weight is 337 g/mol. The summed E-state index contributed by atoms with van der Waals surface area (Å²) < 4.78 is 0. The molecule has 0 saturated heterocycles. The maximum Gasteiger partial charge on any atom is 0.252 e. The number of carbonyl (C=O) groups excluding carboxylic acids is 3. The first-order valence-corrected chi connectivity index (χ1v) is 7.45. The number of aliphatic carboxylic acids is 1. The second kappa shape index (κ2) is 8.99. The molecule has 4 N–H and O–H groups in total. The Hall–Kier alpha value is -2.45. The van der Waals surface area contributed by atoms with Gasteiger partial charge in [-0.2, -0.15) is 0 Å². The number of carboxylic acids is 1. The van der Waals surface area contributed by atoms with E-state index in [1.807, 2.05) is 13.8 Å². The summed E-state index contributed by atoms with van der Waals surface area (Å²) in [5.74, 6) is -3.62. The number of hydrogen-bond donors (Lipinski definition) is 4. The van der Waals surface area contributed by atoms with Gasteiger partial charge in [-0.05, 0) is 24.5 Å². The summed E-state index contributed by atoms with van der Waals surface area (Å²) in [5, 5.41) is 34.0. The fraction of sp³-hybridized carbons (Fsp3) is 0.438. The third-order valence-electron chi connectivity index (χ3n) is 3.19. The Labute approximate surface area is 139 Å². The van der Waals surface area contributed by atoms with Gasteiger partial charge in [0.05, 0.1) is 5.97 Å². The molecule has 0 aliphatic carbocycles. The number of benzene rings is 1. The fourth-order valence-corrected chi connectivity index (χ4v) is 1.98. The number of aliphatic hydroxyl groups is 2. The fourth-order valence-electron chi connectivity index (χ4n) is 1.98. The van der Waals surface area contributed by atoms with Crippen LogP contribution in [-0.2, 0) is 14.4 Å². The van der Waals surface area contributed by atoms with Crippen LogP contribution >= 0.6 is 0 Å². The lowest BCUT2D eigenvalue weighted by atomic mass is 10.0. The molecule has 0 radical (unpaired) electrons. The molecule has 132 valence electrons. The van der Waals surface area contributed by atoms with Crippen molar-refractivity contribution in [3.8, 4) is 0 Å². The first-order valence-electron chi connectivity index (χ1n) is 7.45. The molecule has 0 fully saturated rings. The molecule has 0 unspecified atom stereocenters. The van der Waals surface area contributed by atoms with Gasteiger partial charge in [-0.3, -0.25) is 9.59 Å². The molecule has 0 aromatic heterocycles. The van der Waals surface area contributed by atoms with Crippen LogP contribution in [0, 0.1) is 5.92 Å². The Morgan fingerprint density at radius 2 is 1.62 bits per heavy atom. The van der Waals surface area contributed by atoms with Gasteiger partial charge in [-0.1, -0.05) is 32.0 Å². The Balaban J connectivity index is 2.79. The van der Waals surface area contributed by atoms with Gasteiger partial charge in [0.1, 0.15) is 12.1 Å². The highest BCUT2D eigenvalue weighted by Gasteiger charge is 2.29. The van der Waals surface area contributed by atoms with E-state index in [0.717, 1.165) is 0 Å². The van der Waals surface area contributed by atoms with Gasteiger partial charge in [0.2, 0.25) is 5.91 Å². The average Bonchev–Trinajstić information content (AvgIpc) is 2.53. The van der Waals surface area contributed by atoms with E-state index >= 15 is 0 Å². The molecule has 0 aliphatic heterocycles. The monoisotopic (exact) mass is 337 g/mol. The predicted octanol–water partition coefficient (Wildman–Crippen LogP) is -1.37. The maximum atomic E-state index is 12.3. The molecule has 3 atom stereocenters. The molecule has 24 heavy (non-hydrogen) atoms. The number of anilines is 1. The number of nitrogens with one attached hydrogen (secondary N) is 2. The van der Waals surface area contributed by atoms with Crippen LogP contribution in [0.15, 0.2) is 30.3 Å². The standard InChI is InChI=1S/C16H22N2O6/c1-9(2)8-11(14(21)17-10-6-4-3-5-7-10)18-15(22)12(19)13(20)16(23)24/h3-7,9,11-13,19-20H,8H2,1-2H3,(H,17,21)(H,18,22)(H,23,24)/p-1/t11-,12-,13-/m0/s1. The molecular formula is C16H21N2O6-. The molecule has 1 rings (SSSR count). The molecule has 0 bridgehead atoms. The molecule has 0 saturated carbocycles. The Kier molecular flexibility index (Phi) is 7.34. The van der Waals surface area contributed by atoms with E-state index in [1.165, 1.54) is 0 Å². The van der Waals surface area contributed by atoms with E-state index in [2.05, 4.69) is 10.6 Å². The van der Waals surface area contributed by atoms with E-state index in [4.69, 9.17) is 5.11 Å². The van der Waals surface area contributed by atoms with Crippen molar-refractivity contribution in [2.24, 2.45) is 5.92 Å². The zero-order chi connectivity index (χ0) is 18.3. The number of carbonyl (C=O) groups is 3. The van der Waals surface area contributed by atoms with E-state index in [-0.39, 0.29) is 12.3 Å². The summed E-state index contributed by atoms with van der Waals surface area (Å²) >= 11 is 0. The second-order valence-electron chi connectivity index (χ2n) is 5.75. The first kappa shape index (κ1) is 19.6. The first-order chi connectivity index (χ1) is 11.2. The van der Waals surface area contributed by atoms with Gasteiger partial charge in [0.25, 0.3) is 5.91 Å². The molecule has 2 amide bonds. The number of aliphatic hydroxyl groups excluding tert-OH is 2.